The summed E-state index contributed by atoms with van der Waals surface area (Å²) in [4.78, 5) is 15.1. The minimum absolute atomic E-state index is 0.155. The minimum Gasteiger partial charge on any atom is -0.464 e. The Kier molecular flexibility index (Phi) is 2.43. The van der Waals surface area contributed by atoms with Crippen LogP contribution in [0.15, 0.2) is 12.3 Å². The maximum Gasteiger partial charge on any atom is 0.330 e. The lowest BCUT2D eigenvalue weighted by Gasteiger charge is -2.21. The number of thiocarbonyl (C=S) groups is 1. The van der Waals surface area contributed by atoms with Crippen LogP contribution in [0.4, 0.5) is 0 Å². The van der Waals surface area contributed by atoms with Crippen LogP contribution in [0.2, 0.25) is 0 Å². The largest absolute Gasteiger partial charge is 0.464 e. The van der Waals surface area contributed by atoms with Crippen molar-refractivity contribution in [2.45, 2.75) is 6.92 Å². The first kappa shape index (κ1) is 8.00. The number of hydrogen-bond acceptors (Lipinski definition) is 4. The Hall–Kier alpha value is -1.10. The average Bonchev–Trinajstić information content (AvgIpc) is 1.93. The van der Waals surface area contributed by atoms with Gasteiger partial charge in [0.1, 0.15) is 6.61 Å². The highest BCUT2D eigenvalue weighted by atomic mass is 32.1. The fourth-order valence-electron chi connectivity index (χ4n) is 0.589. The zero-order chi connectivity index (χ0) is 8.27. The molecule has 0 radical (unpaired) electrons. The summed E-state index contributed by atoms with van der Waals surface area (Å²) >= 11 is 4.72. The Labute approximate surface area is 69.3 Å². The number of ether oxygens (including phenoxy) is 1. The second-order valence-electron chi connectivity index (χ2n) is 1.87. The smallest absolute Gasteiger partial charge is 0.330 e. The monoisotopic (exact) mass is 173 g/mol. The van der Waals surface area contributed by atoms with Gasteiger partial charge in [-0.25, -0.2) is 4.79 Å². The van der Waals surface area contributed by atoms with Gasteiger partial charge in [-0.1, -0.05) is 0 Å². The molecule has 0 aliphatic carbocycles. The molecule has 1 aliphatic rings. The van der Waals surface area contributed by atoms with Crippen molar-refractivity contribution in [2.24, 2.45) is 0 Å². The fraction of sp³-hybridized carbons (Fsp3) is 0.333. The topological polar surface area (TPSA) is 38.8 Å². The molecular weight excluding hydrogens is 166 g/mol. The van der Waals surface area contributed by atoms with Crippen LogP contribution in [-0.2, 0) is 14.4 Å². The van der Waals surface area contributed by atoms with Crippen molar-refractivity contribution in [1.82, 2.24) is 5.06 Å². The number of carbonyl (C=O) groups is 1. The van der Waals surface area contributed by atoms with E-state index in [1.54, 1.807) is 12.3 Å². The quantitative estimate of drug-likeness (QED) is 0.543. The van der Waals surface area contributed by atoms with Crippen LogP contribution >= 0.6 is 12.2 Å². The van der Waals surface area contributed by atoms with E-state index in [-0.39, 0.29) is 5.17 Å². The van der Waals surface area contributed by atoms with Gasteiger partial charge in [-0.15, -0.1) is 5.06 Å². The van der Waals surface area contributed by atoms with Gasteiger partial charge in [0.2, 0.25) is 0 Å². The molecule has 0 bridgehead atoms. The highest BCUT2D eigenvalue weighted by Crippen LogP contribution is 2.03. The molecule has 0 aromatic carbocycles. The second kappa shape index (κ2) is 3.34. The first-order valence-electron chi connectivity index (χ1n) is 3.01. The van der Waals surface area contributed by atoms with Crippen LogP contribution < -0.4 is 0 Å². The van der Waals surface area contributed by atoms with Crippen LogP contribution in [-0.4, -0.2) is 22.8 Å². The SMILES string of the molecule is CC(=O)ON1C=CCOC1=S. The van der Waals surface area contributed by atoms with Gasteiger partial charge in [-0.2, -0.15) is 0 Å². The van der Waals surface area contributed by atoms with Crippen molar-refractivity contribution < 1.29 is 14.4 Å². The molecule has 0 unspecified atom stereocenters. The van der Waals surface area contributed by atoms with E-state index in [4.69, 9.17) is 17.0 Å². The van der Waals surface area contributed by atoms with Crippen molar-refractivity contribution in [3.05, 3.63) is 12.3 Å². The molecule has 0 atom stereocenters. The number of hydrogen-bond donors (Lipinski definition) is 0. The summed E-state index contributed by atoms with van der Waals surface area (Å²) < 4.78 is 4.88. The molecule has 0 fully saturated rings. The van der Waals surface area contributed by atoms with E-state index in [2.05, 4.69) is 4.84 Å². The molecule has 60 valence electrons. The molecule has 1 heterocycles. The summed E-state index contributed by atoms with van der Waals surface area (Å²) in [7, 11) is 0. The lowest BCUT2D eigenvalue weighted by atomic mass is 10.6. The molecule has 0 saturated heterocycles. The number of carbonyl (C=O) groups excluding carboxylic acids is 1. The molecule has 0 N–H and O–H groups in total. The Bertz CT molecular complexity index is 214. The van der Waals surface area contributed by atoms with Gasteiger partial charge in [0, 0.05) is 13.1 Å². The highest BCUT2D eigenvalue weighted by molar-refractivity contribution is 7.80. The van der Waals surface area contributed by atoms with E-state index in [1.165, 1.54) is 6.92 Å². The molecule has 1 rings (SSSR count). The van der Waals surface area contributed by atoms with Crippen molar-refractivity contribution >= 4 is 23.4 Å². The van der Waals surface area contributed by atoms with Crippen LogP contribution in [0.25, 0.3) is 0 Å². The minimum atomic E-state index is -0.428. The Morgan fingerprint density at radius 1 is 1.91 bits per heavy atom. The van der Waals surface area contributed by atoms with Crippen molar-refractivity contribution in [3.63, 3.8) is 0 Å². The first-order chi connectivity index (χ1) is 5.20. The van der Waals surface area contributed by atoms with Crippen molar-refractivity contribution in [3.8, 4) is 0 Å². The molecule has 5 heteroatoms. The Balaban J connectivity index is 2.55. The number of nitrogens with zero attached hydrogens (tertiary/aromatic N) is 1. The predicted octanol–water partition coefficient (Wildman–Crippen LogP) is 0.595. The summed E-state index contributed by atoms with van der Waals surface area (Å²) in [5.41, 5.74) is 0. The van der Waals surface area contributed by atoms with Crippen LogP contribution in [0.3, 0.4) is 0 Å². The lowest BCUT2D eigenvalue weighted by molar-refractivity contribution is -0.165. The summed E-state index contributed by atoms with van der Waals surface area (Å²) in [6.45, 7) is 1.72. The second-order valence-corrected chi connectivity index (χ2v) is 2.22. The summed E-state index contributed by atoms with van der Waals surface area (Å²) in [6, 6.07) is 0. The summed E-state index contributed by atoms with van der Waals surface area (Å²) in [5, 5.41) is 1.27. The normalized spacial score (nSPS) is 16.1. The zero-order valence-electron chi connectivity index (χ0n) is 5.94. The first-order valence-corrected chi connectivity index (χ1v) is 3.42. The van der Waals surface area contributed by atoms with E-state index in [0.717, 1.165) is 5.06 Å². The van der Waals surface area contributed by atoms with Crippen LogP contribution in [0, 0.1) is 0 Å². The van der Waals surface area contributed by atoms with Gasteiger partial charge >= 0.3 is 5.97 Å². The zero-order valence-corrected chi connectivity index (χ0v) is 6.76. The van der Waals surface area contributed by atoms with E-state index in [9.17, 15) is 4.79 Å². The van der Waals surface area contributed by atoms with E-state index in [1.807, 2.05) is 0 Å². The third-order valence-electron chi connectivity index (χ3n) is 0.951. The number of hydroxylamine groups is 2. The maximum absolute atomic E-state index is 10.4. The predicted molar refractivity (Wildman–Crippen MR) is 41.3 cm³/mol. The average molecular weight is 173 g/mol. The van der Waals surface area contributed by atoms with Gasteiger partial charge in [0.05, 0.1) is 0 Å². The van der Waals surface area contributed by atoms with E-state index < -0.39 is 5.97 Å². The van der Waals surface area contributed by atoms with Crippen LogP contribution in [0.5, 0.6) is 0 Å². The molecule has 0 spiro atoms. The fourth-order valence-corrected chi connectivity index (χ4v) is 0.755. The summed E-state index contributed by atoms with van der Waals surface area (Å²) in [6.07, 6.45) is 3.24. The molecule has 4 nitrogen and oxygen atoms in total. The highest BCUT2D eigenvalue weighted by Gasteiger charge is 2.13. The van der Waals surface area contributed by atoms with Crippen molar-refractivity contribution in [1.29, 1.82) is 0 Å². The van der Waals surface area contributed by atoms with E-state index >= 15 is 0 Å². The van der Waals surface area contributed by atoms with Crippen molar-refractivity contribution in [2.75, 3.05) is 6.61 Å². The maximum atomic E-state index is 10.4. The molecule has 0 saturated carbocycles. The molecule has 1 aliphatic heterocycles. The molecular formula is C6H7NO3S. The van der Waals surface area contributed by atoms with Gasteiger partial charge < -0.3 is 9.57 Å². The lowest BCUT2D eigenvalue weighted by Crippen LogP contribution is -2.31. The van der Waals surface area contributed by atoms with Gasteiger partial charge in [0.15, 0.2) is 0 Å². The third kappa shape index (κ3) is 2.19. The van der Waals surface area contributed by atoms with Gasteiger partial charge in [0.25, 0.3) is 5.17 Å². The molecule has 11 heavy (non-hydrogen) atoms. The van der Waals surface area contributed by atoms with E-state index in [0.29, 0.717) is 6.61 Å². The van der Waals surface area contributed by atoms with Crippen LogP contribution in [0.1, 0.15) is 6.92 Å². The Morgan fingerprint density at radius 2 is 2.64 bits per heavy atom. The molecule has 0 aromatic rings. The molecule has 0 amide bonds. The Morgan fingerprint density at radius 3 is 3.18 bits per heavy atom. The third-order valence-corrected chi connectivity index (χ3v) is 1.25. The van der Waals surface area contributed by atoms with Gasteiger partial charge in [-0.05, 0) is 18.3 Å². The number of rotatable bonds is 1. The summed E-state index contributed by atoms with van der Waals surface area (Å²) in [5.74, 6) is -0.428. The van der Waals surface area contributed by atoms with Gasteiger partial charge in [-0.3, -0.25) is 0 Å². The standard InChI is InChI=1S/C6H7NO3S/c1-5(8)10-7-3-2-4-9-6(7)11/h2-3H,4H2,1H3. The molecule has 0 aromatic heterocycles.